The Morgan fingerprint density at radius 1 is 0.786 bits per heavy atom. The molecule has 28 heavy (non-hydrogen) atoms. The third kappa shape index (κ3) is 18.3. The fourth-order valence-electron chi connectivity index (χ4n) is 3.03. The van der Waals surface area contributed by atoms with E-state index in [0.29, 0.717) is 12.8 Å². The predicted octanol–water partition coefficient (Wildman–Crippen LogP) is 5.57. The Kier molecular flexibility index (Phi) is 18.5. The third-order valence-corrected chi connectivity index (χ3v) is 4.83. The second-order valence-electron chi connectivity index (χ2n) is 8.20. The molecule has 0 saturated carbocycles. The van der Waals surface area contributed by atoms with Crippen molar-refractivity contribution in [1.82, 2.24) is 0 Å². The molecule has 166 valence electrons. The van der Waals surface area contributed by atoms with Gasteiger partial charge in [-0.25, -0.2) is 0 Å². The molecule has 0 saturated heterocycles. The predicted molar refractivity (Wildman–Crippen MR) is 113 cm³/mol. The van der Waals surface area contributed by atoms with E-state index in [0.717, 1.165) is 44.4 Å². The minimum absolute atomic E-state index is 0.0636. The van der Waals surface area contributed by atoms with Crippen LogP contribution >= 0.6 is 0 Å². The van der Waals surface area contributed by atoms with E-state index in [1.807, 2.05) is 0 Å². The highest BCUT2D eigenvalue weighted by molar-refractivity contribution is 5.70. The highest BCUT2D eigenvalue weighted by atomic mass is 16.6. The molecule has 0 fully saturated rings. The first kappa shape index (κ1) is 26.9. The molecule has 0 heterocycles. The van der Waals surface area contributed by atoms with Gasteiger partial charge in [-0.1, -0.05) is 85.0 Å². The van der Waals surface area contributed by atoms with Crippen molar-refractivity contribution < 1.29 is 24.2 Å². The molecule has 0 aliphatic heterocycles. The molecule has 1 N–H and O–H groups in total. The summed E-state index contributed by atoms with van der Waals surface area (Å²) in [6.45, 7) is 6.26. The monoisotopic (exact) mass is 400 g/mol. The molecule has 0 radical (unpaired) electrons. The molecule has 0 aromatic heterocycles. The lowest BCUT2D eigenvalue weighted by molar-refractivity contribution is -0.161. The van der Waals surface area contributed by atoms with E-state index in [4.69, 9.17) is 9.47 Å². The van der Waals surface area contributed by atoms with Crippen molar-refractivity contribution in [3.8, 4) is 0 Å². The van der Waals surface area contributed by atoms with Gasteiger partial charge in [-0.05, 0) is 18.8 Å². The molecule has 0 spiro atoms. The maximum absolute atomic E-state index is 11.9. The first-order valence-corrected chi connectivity index (χ1v) is 11.5. The van der Waals surface area contributed by atoms with Gasteiger partial charge in [0, 0.05) is 12.8 Å². The molecule has 0 bridgehead atoms. The summed E-state index contributed by atoms with van der Waals surface area (Å²) < 4.78 is 10.3. The molecule has 0 rings (SSSR count). The van der Waals surface area contributed by atoms with Crippen LogP contribution in [0.1, 0.15) is 111 Å². The van der Waals surface area contributed by atoms with Crippen LogP contribution in [-0.2, 0) is 19.1 Å². The van der Waals surface area contributed by atoms with Crippen molar-refractivity contribution in [2.45, 2.75) is 117 Å². The Hall–Kier alpha value is -1.10. The number of esters is 2. The van der Waals surface area contributed by atoms with Crippen molar-refractivity contribution >= 4 is 11.9 Å². The van der Waals surface area contributed by atoms with Gasteiger partial charge >= 0.3 is 11.9 Å². The second-order valence-corrected chi connectivity index (χ2v) is 8.20. The summed E-state index contributed by atoms with van der Waals surface area (Å²) in [5.41, 5.74) is 0. The fourth-order valence-corrected chi connectivity index (χ4v) is 3.03. The van der Waals surface area contributed by atoms with Crippen LogP contribution in [0.2, 0.25) is 0 Å². The van der Waals surface area contributed by atoms with Gasteiger partial charge < -0.3 is 14.6 Å². The van der Waals surface area contributed by atoms with Crippen LogP contribution < -0.4 is 0 Å². The quantitative estimate of drug-likeness (QED) is 0.227. The highest BCUT2D eigenvalue weighted by Gasteiger charge is 2.16. The lowest BCUT2D eigenvalue weighted by Crippen LogP contribution is -2.28. The average Bonchev–Trinajstić information content (AvgIpc) is 2.66. The van der Waals surface area contributed by atoms with Crippen molar-refractivity contribution in [3.63, 3.8) is 0 Å². The van der Waals surface area contributed by atoms with E-state index in [1.54, 1.807) is 0 Å². The lowest BCUT2D eigenvalue weighted by atomic mass is 10.0. The van der Waals surface area contributed by atoms with Crippen molar-refractivity contribution in [2.75, 3.05) is 13.2 Å². The number of ether oxygens (including phenoxy) is 2. The van der Waals surface area contributed by atoms with E-state index >= 15 is 0 Å². The molecule has 5 nitrogen and oxygen atoms in total. The Morgan fingerprint density at radius 3 is 1.89 bits per heavy atom. The van der Waals surface area contributed by atoms with Crippen LogP contribution in [0.4, 0.5) is 0 Å². The van der Waals surface area contributed by atoms with E-state index in [1.165, 1.54) is 38.5 Å². The minimum Gasteiger partial charge on any atom is -0.462 e. The zero-order valence-electron chi connectivity index (χ0n) is 18.5. The van der Waals surface area contributed by atoms with Gasteiger partial charge in [-0.3, -0.25) is 9.59 Å². The molecule has 0 aromatic carbocycles. The summed E-state index contributed by atoms with van der Waals surface area (Å²) in [5, 5.41) is 9.32. The Bertz CT molecular complexity index is 381. The number of carbonyl (C=O) groups excluding carboxylic acids is 2. The van der Waals surface area contributed by atoms with Gasteiger partial charge in [0.25, 0.3) is 0 Å². The van der Waals surface area contributed by atoms with Gasteiger partial charge in [0.1, 0.15) is 6.61 Å². The van der Waals surface area contributed by atoms with Crippen molar-refractivity contribution in [3.05, 3.63) is 0 Å². The number of rotatable bonds is 19. The average molecular weight is 401 g/mol. The molecule has 0 amide bonds. The number of aliphatic hydroxyl groups excluding tert-OH is 1. The first-order chi connectivity index (χ1) is 13.5. The van der Waals surface area contributed by atoms with Crippen LogP contribution in [0.3, 0.4) is 0 Å². The summed E-state index contributed by atoms with van der Waals surface area (Å²) in [6, 6.07) is 0. The highest BCUT2D eigenvalue weighted by Crippen LogP contribution is 2.12. The van der Waals surface area contributed by atoms with Gasteiger partial charge in [-0.2, -0.15) is 0 Å². The molecular weight excluding hydrogens is 356 g/mol. The topological polar surface area (TPSA) is 72.8 Å². The number of hydrogen-bond acceptors (Lipinski definition) is 5. The van der Waals surface area contributed by atoms with E-state index < -0.39 is 6.10 Å². The summed E-state index contributed by atoms with van der Waals surface area (Å²) in [6.07, 6.45) is 13.4. The van der Waals surface area contributed by atoms with Crippen LogP contribution in [0.5, 0.6) is 0 Å². The zero-order chi connectivity index (χ0) is 21.0. The van der Waals surface area contributed by atoms with Crippen LogP contribution in [0.15, 0.2) is 0 Å². The largest absolute Gasteiger partial charge is 0.462 e. The Morgan fingerprint density at radius 2 is 1.32 bits per heavy atom. The second kappa shape index (κ2) is 19.2. The Balaban J connectivity index is 3.67. The first-order valence-electron chi connectivity index (χ1n) is 11.5. The molecule has 0 aliphatic carbocycles. The van der Waals surface area contributed by atoms with Gasteiger partial charge in [-0.15, -0.1) is 0 Å². The smallest absolute Gasteiger partial charge is 0.306 e. The van der Waals surface area contributed by atoms with Gasteiger partial charge in [0.15, 0.2) is 6.10 Å². The molecule has 1 atom stereocenters. The molecule has 0 unspecified atom stereocenters. The van der Waals surface area contributed by atoms with Crippen molar-refractivity contribution in [2.24, 2.45) is 5.92 Å². The SMILES string of the molecule is CCCCCCCC(=O)OC[C@H](CO)OC(=O)CCCCCCCCC(C)C. The number of unbranched alkanes of at least 4 members (excludes halogenated alkanes) is 9. The molecule has 5 heteroatoms. The minimum atomic E-state index is -0.757. The van der Waals surface area contributed by atoms with Crippen LogP contribution in [0, 0.1) is 5.92 Å². The standard InChI is InChI=1S/C23H44O5/c1-4-5-6-9-13-16-22(25)27-19-21(18-24)28-23(26)17-14-11-8-7-10-12-15-20(2)3/h20-21,24H,4-19H2,1-3H3/t21-/m0/s1. The van der Waals surface area contributed by atoms with E-state index in [2.05, 4.69) is 20.8 Å². The number of hydrogen-bond donors (Lipinski definition) is 1. The third-order valence-electron chi connectivity index (χ3n) is 4.83. The van der Waals surface area contributed by atoms with Crippen molar-refractivity contribution in [1.29, 1.82) is 0 Å². The molecule has 0 aromatic rings. The lowest BCUT2D eigenvalue weighted by Gasteiger charge is -2.15. The normalized spacial score (nSPS) is 12.2. The number of aliphatic hydroxyl groups is 1. The number of carbonyl (C=O) groups is 2. The van der Waals surface area contributed by atoms with Gasteiger partial charge in [0.2, 0.25) is 0 Å². The Labute approximate surface area is 172 Å². The van der Waals surface area contributed by atoms with E-state index in [-0.39, 0.29) is 25.2 Å². The molecule has 0 aliphatic rings. The van der Waals surface area contributed by atoms with Gasteiger partial charge in [0.05, 0.1) is 6.61 Å². The maximum atomic E-state index is 11.9. The maximum Gasteiger partial charge on any atom is 0.306 e. The summed E-state index contributed by atoms with van der Waals surface area (Å²) >= 11 is 0. The fraction of sp³-hybridized carbons (Fsp3) is 0.913. The van der Waals surface area contributed by atoms with E-state index in [9.17, 15) is 14.7 Å². The van der Waals surface area contributed by atoms with Crippen LogP contribution in [-0.4, -0.2) is 36.4 Å². The summed E-state index contributed by atoms with van der Waals surface area (Å²) in [7, 11) is 0. The summed E-state index contributed by atoms with van der Waals surface area (Å²) in [4.78, 5) is 23.6. The van der Waals surface area contributed by atoms with Crippen LogP contribution in [0.25, 0.3) is 0 Å². The summed E-state index contributed by atoms with van der Waals surface area (Å²) in [5.74, 6) is 0.164. The zero-order valence-corrected chi connectivity index (χ0v) is 18.5. The molecular formula is C23H44O5.